The maximum absolute atomic E-state index is 12.7. The van der Waals surface area contributed by atoms with Gasteiger partial charge in [0, 0.05) is 55.1 Å². The molecule has 144 valence electrons. The molecule has 4 aromatic rings. The molecule has 1 N–H and O–H groups in total. The zero-order valence-corrected chi connectivity index (χ0v) is 16.3. The predicted molar refractivity (Wildman–Crippen MR) is 111 cm³/mol. The van der Waals surface area contributed by atoms with Crippen LogP contribution in [0.5, 0.6) is 0 Å². The van der Waals surface area contributed by atoms with Crippen molar-refractivity contribution in [3.05, 3.63) is 71.7 Å². The molecule has 0 atom stereocenters. The Morgan fingerprint density at radius 1 is 1.03 bits per heavy atom. The summed E-state index contributed by atoms with van der Waals surface area (Å²) in [6.07, 6.45) is 5.43. The molecule has 0 saturated carbocycles. The summed E-state index contributed by atoms with van der Waals surface area (Å²) in [7, 11) is 3.95. The van der Waals surface area contributed by atoms with E-state index in [-0.39, 0.29) is 5.91 Å². The Balaban J connectivity index is 1.41. The lowest BCUT2D eigenvalue weighted by Crippen LogP contribution is -2.13. The summed E-state index contributed by atoms with van der Waals surface area (Å²) in [6, 6.07) is 11.6. The number of nitrogens with zero attached hydrogens (tertiary/aromatic N) is 5. The van der Waals surface area contributed by atoms with Crippen molar-refractivity contribution in [3.63, 3.8) is 0 Å². The maximum Gasteiger partial charge on any atom is 0.256 e. The zero-order valence-electron chi connectivity index (χ0n) is 16.3. The third kappa shape index (κ3) is 3.36. The quantitative estimate of drug-likeness (QED) is 0.587. The molecule has 7 nitrogen and oxygen atoms in total. The number of nitrogens with one attached hydrogen (secondary N) is 1. The average molecular weight is 384 g/mol. The summed E-state index contributed by atoms with van der Waals surface area (Å²) < 4.78 is 1.74. The number of carbonyl (C=O) groups excluding carboxylic acids is 1. The van der Waals surface area contributed by atoms with E-state index >= 15 is 0 Å². The van der Waals surface area contributed by atoms with Crippen LogP contribution in [-0.2, 0) is 20.1 Å². The normalized spacial score (nSPS) is 13.6. The number of aromatic nitrogens is 4. The van der Waals surface area contributed by atoms with Crippen LogP contribution < -0.4 is 5.32 Å². The second-order valence-corrected chi connectivity index (χ2v) is 7.47. The van der Waals surface area contributed by atoms with Gasteiger partial charge in [-0.15, -0.1) is 0 Å². The fourth-order valence-corrected chi connectivity index (χ4v) is 3.69. The van der Waals surface area contributed by atoms with Gasteiger partial charge in [-0.3, -0.25) is 14.4 Å². The van der Waals surface area contributed by atoms with Crippen LogP contribution in [0.1, 0.15) is 21.5 Å². The van der Waals surface area contributed by atoms with Crippen molar-refractivity contribution in [2.24, 2.45) is 7.05 Å². The van der Waals surface area contributed by atoms with Gasteiger partial charge in [-0.1, -0.05) is 6.07 Å². The molecule has 4 heterocycles. The first-order valence-electron chi connectivity index (χ1n) is 9.43. The lowest BCUT2D eigenvalue weighted by Gasteiger charge is -2.07. The van der Waals surface area contributed by atoms with Crippen LogP contribution in [0.4, 0.5) is 5.82 Å². The van der Waals surface area contributed by atoms with Gasteiger partial charge in [-0.25, -0.2) is 9.97 Å². The van der Waals surface area contributed by atoms with Crippen molar-refractivity contribution in [2.75, 3.05) is 12.4 Å². The van der Waals surface area contributed by atoms with Crippen molar-refractivity contribution in [3.8, 4) is 11.3 Å². The van der Waals surface area contributed by atoms with Crippen molar-refractivity contribution in [1.82, 2.24) is 24.6 Å². The standard InChI is InChI=1S/C22H20N6O/c1-27-11-16-4-3-14(7-17(16)12-27)22(29)26-21-8-20-15(9-23-21)5-6-19(25-20)18-10-24-28(2)13-18/h3-10,13H,11-12H2,1-2H3,(H,23,26,29). The number of anilines is 1. The van der Waals surface area contributed by atoms with E-state index in [4.69, 9.17) is 4.98 Å². The molecule has 0 bridgehead atoms. The largest absolute Gasteiger partial charge is 0.307 e. The molecule has 7 heteroatoms. The third-order valence-corrected chi connectivity index (χ3v) is 5.16. The minimum absolute atomic E-state index is 0.169. The van der Waals surface area contributed by atoms with E-state index in [1.165, 1.54) is 11.1 Å². The van der Waals surface area contributed by atoms with Gasteiger partial charge in [0.15, 0.2) is 0 Å². The van der Waals surface area contributed by atoms with Crippen molar-refractivity contribution in [2.45, 2.75) is 13.1 Å². The van der Waals surface area contributed by atoms with E-state index in [0.717, 1.165) is 35.2 Å². The minimum atomic E-state index is -0.169. The van der Waals surface area contributed by atoms with Crippen LogP contribution in [0.25, 0.3) is 22.2 Å². The van der Waals surface area contributed by atoms with E-state index in [9.17, 15) is 4.79 Å². The smallest absolute Gasteiger partial charge is 0.256 e. The van der Waals surface area contributed by atoms with Crippen LogP contribution in [0, 0.1) is 0 Å². The molecule has 0 unspecified atom stereocenters. The number of benzene rings is 1. The van der Waals surface area contributed by atoms with E-state index in [2.05, 4.69) is 27.3 Å². The Bertz CT molecular complexity index is 1250. The number of amides is 1. The van der Waals surface area contributed by atoms with Gasteiger partial charge in [0.25, 0.3) is 5.91 Å². The van der Waals surface area contributed by atoms with E-state index in [0.29, 0.717) is 11.4 Å². The third-order valence-electron chi connectivity index (χ3n) is 5.16. The Labute approximate surface area is 168 Å². The molecule has 29 heavy (non-hydrogen) atoms. The second kappa shape index (κ2) is 6.79. The minimum Gasteiger partial charge on any atom is -0.307 e. The molecule has 0 fully saturated rings. The molecule has 0 radical (unpaired) electrons. The monoisotopic (exact) mass is 384 g/mol. The highest BCUT2D eigenvalue weighted by Gasteiger charge is 2.17. The number of rotatable bonds is 3. The molecule has 1 aliphatic heterocycles. The number of fused-ring (bicyclic) bond motifs is 2. The molecule has 0 aliphatic carbocycles. The summed E-state index contributed by atoms with van der Waals surface area (Å²) in [4.78, 5) is 24.0. The highest BCUT2D eigenvalue weighted by atomic mass is 16.1. The van der Waals surface area contributed by atoms with Gasteiger partial charge in [0.05, 0.1) is 17.4 Å². The van der Waals surface area contributed by atoms with Gasteiger partial charge in [0.1, 0.15) is 5.82 Å². The van der Waals surface area contributed by atoms with E-state index in [1.54, 1.807) is 23.1 Å². The zero-order chi connectivity index (χ0) is 20.0. The van der Waals surface area contributed by atoms with Crippen LogP contribution in [0.2, 0.25) is 0 Å². The lowest BCUT2D eigenvalue weighted by molar-refractivity contribution is 0.102. The molecule has 1 aromatic carbocycles. The average Bonchev–Trinajstić information content (AvgIpc) is 3.31. The first kappa shape index (κ1) is 17.5. The maximum atomic E-state index is 12.7. The molecular formula is C22H20N6O. The first-order valence-corrected chi connectivity index (χ1v) is 9.43. The molecule has 1 amide bonds. The highest BCUT2D eigenvalue weighted by Crippen LogP contribution is 2.24. The van der Waals surface area contributed by atoms with Crippen LogP contribution in [-0.4, -0.2) is 37.6 Å². The Morgan fingerprint density at radius 2 is 1.90 bits per heavy atom. The summed E-state index contributed by atoms with van der Waals surface area (Å²) in [5.41, 5.74) is 5.66. The van der Waals surface area contributed by atoms with Crippen molar-refractivity contribution < 1.29 is 4.79 Å². The lowest BCUT2D eigenvalue weighted by atomic mass is 10.1. The van der Waals surface area contributed by atoms with Crippen molar-refractivity contribution in [1.29, 1.82) is 0 Å². The SMILES string of the molecule is CN1Cc2ccc(C(=O)Nc3cc4nc(-c5cnn(C)c5)ccc4cn3)cc2C1. The van der Waals surface area contributed by atoms with E-state index in [1.807, 2.05) is 43.6 Å². The summed E-state index contributed by atoms with van der Waals surface area (Å²) in [5.74, 6) is 0.313. The summed E-state index contributed by atoms with van der Waals surface area (Å²) >= 11 is 0. The summed E-state index contributed by atoms with van der Waals surface area (Å²) in [5, 5.41) is 8.01. The Hall–Kier alpha value is -3.58. The number of carbonyl (C=O) groups is 1. The van der Waals surface area contributed by atoms with Crippen LogP contribution >= 0.6 is 0 Å². The van der Waals surface area contributed by atoms with Crippen molar-refractivity contribution >= 4 is 22.6 Å². The number of aryl methyl sites for hydroxylation is 1. The molecule has 3 aromatic heterocycles. The van der Waals surface area contributed by atoms with E-state index < -0.39 is 0 Å². The summed E-state index contributed by atoms with van der Waals surface area (Å²) in [6.45, 7) is 1.79. The van der Waals surface area contributed by atoms with Crippen LogP contribution in [0.3, 0.4) is 0 Å². The molecule has 0 saturated heterocycles. The van der Waals surface area contributed by atoms with Gasteiger partial charge < -0.3 is 5.32 Å². The number of hydrogen-bond acceptors (Lipinski definition) is 5. The highest BCUT2D eigenvalue weighted by molar-refractivity contribution is 6.04. The number of hydrogen-bond donors (Lipinski definition) is 1. The Morgan fingerprint density at radius 3 is 2.72 bits per heavy atom. The molecule has 5 rings (SSSR count). The second-order valence-electron chi connectivity index (χ2n) is 7.47. The van der Waals surface area contributed by atoms with Gasteiger partial charge in [0.2, 0.25) is 0 Å². The van der Waals surface area contributed by atoms with Gasteiger partial charge >= 0.3 is 0 Å². The van der Waals surface area contributed by atoms with Crippen LogP contribution in [0.15, 0.2) is 55.0 Å². The Kier molecular flexibility index (Phi) is 4.10. The first-order chi connectivity index (χ1) is 14.0. The number of pyridine rings is 2. The molecule has 1 aliphatic rings. The fraction of sp³-hybridized carbons (Fsp3) is 0.182. The molecule has 0 spiro atoms. The molecular weight excluding hydrogens is 364 g/mol. The van der Waals surface area contributed by atoms with Gasteiger partial charge in [-0.2, -0.15) is 5.10 Å². The van der Waals surface area contributed by atoms with Gasteiger partial charge in [-0.05, 0) is 42.4 Å². The topological polar surface area (TPSA) is 75.9 Å². The predicted octanol–water partition coefficient (Wildman–Crippen LogP) is 3.23. The fourth-order valence-electron chi connectivity index (χ4n) is 3.69.